The lowest BCUT2D eigenvalue weighted by atomic mass is 10.1. The van der Waals surface area contributed by atoms with Crippen molar-refractivity contribution in [3.63, 3.8) is 0 Å². The van der Waals surface area contributed by atoms with Crippen LogP contribution in [-0.2, 0) is 6.42 Å². The molecule has 0 aliphatic rings. The second-order valence-corrected chi connectivity index (χ2v) is 5.01. The number of halogens is 1. The monoisotopic (exact) mass is 229 g/mol. The second-order valence-electron chi connectivity index (χ2n) is 3.25. The summed E-state index contributed by atoms with van der Waals surface area (Å²) in [6, 6.07) is 8.15. The van der Waals surface area contributed by atoms with Crippen LogP contribution in [-0.4, -0.2) is 17.5 Å². The van der Waals surface area contributed by atoms with Crippen LogP contribution in [0.1, 0.15) is 12.5 Å². The number of thioether (sulfide) groups is 1. The molecule has 1 atom stereocenters. The van der Waals surface area contributed by atoms with Crippen LogP contribution in [0, 0.1) is 0 Å². The van der Waals surface area contributed by atoms with E-state index in [0.717, 1.165) is 22.9 Å². The Kier molecular flexibility index (Phi) is 5.38. The zero-order valence-electron chi connectivity index (χ0n) is 8.37. The first-order valence-corrected chi connectivity index (χ1v) is 6.33. The molecule has 1 nitrogen and oxygen atoms in total. The molecule has 1 aromatic carbocycles. The summed E-state index contributed by atoms with van der Waals surface area (Å²) in [7, 11) is 0. The fourth-order valence-electron chi connectivity index (χ4n) is 1.29. The lowest BCUT2D eigenvalue weighted by molar-refractivity contribution is 0.749. The van der Waals surface area contributed by atoms with Gasteiger partial charge in [-0.25, -0.2) is 0 Å². The highest BCUT2D eigenvalue weighted by Gasteiger charge is 2.03. The maximum atomic E-state index is 5.98. The highest BCUT2D eigenvalue weighted by Crippen LogP contribution is 2.13. The molecule has 14 heavy (non-hydrogen) atoms. The van der Waals surface area contributed by atoms with Gasteiger partial charge in [0, 0.05) is 16.8 Å². The van der Waals surface area contributed by atoms with Crippen molar-refractivity contribution >= 4 is 23.4 Å². The van der Waals surface area contributed by atoms with Crippen LogP contribution in [0.3, 0.4) is 0 Å². The highest BCUT2D eigenvalue weighted by molar-refractivity contribution is 7.99. The van der Waals surface area contributed by atoms with Gasteiger partial charge in [-0.15, -0.1) is 0 Å². The Morgan fingerprint density at radius 1 is 1.50 bits per heavy atom. The van der Waals surface area contributed by atoms with E-state index in [9.17, 15) is 0 Å². The van der Waals surface area contributed by atoms with Crippen LogP contribution in [0.15, 0.2) is 24.3 Å². The lowest BCUT2D eigenvalue weighted by Crippen LogP contribution is -2.25. The van der Waals surface area contributed by atoms with Gasteiger partial charge in [-0.2, -0.15) is 11.8 Å². The Bertz CT molecular complexity index is 278. The third kappa shape index (κ3) is 4.36. The molecule has 0 spiro atoms. The first kappa shape index (κ1) is 11.9. The highest BCUT2D eigenvalue weighted by atomic mass is 35.5. The Hall–Kier alpha value is -0.180. The molecule has 0 saturated carbocycles. The lowest BCUT2D eigenvalue weighted by Gasteiger charge is -2.10. The molecular formula is C11H16ClNS. The molecule has 3 heteroatoms. The second kappa shape index (κ2) is 6.33. The fraction of sp³-hybridized carbons (Fsp3) is 0.455. The molecule has 0 radical (unpaired) electrons. The van der Waals surface area contributed by atoms with Crippen molar-refractivity contribution in [3.8, 4) is 0 Å². The van der Waals surface area contributed by atoms with Crippen molar-refractivity contribution in [1.82, 2.24) is 0 Å². The zero-order chi connectivity index (χ0) is 10.4. The molecule has 0 aliphatic carbocycles. The van der Waals surface area contributed by atoms with Crippen molar-refractivity contribution < 1.29 is 0 Å². The zero-order valence-corrected chi connectivity index (χ0v) is 9.94. The minimum Gasteiger partial charge on any atom is -0.327 e. The van der Waals surface area contributed by atoms with E-state index in [1.807, 2.05) is 30.0 Å². The Morgan fingerprint density at radius 2 is 2.29 bits per heavy atom. The van der Waals surface area contributed by atoms with Crippen LogP contribution in [0.2, 0.25) is 5.02 Å². The van der Waals surface area contributed by atoms with Crippen LogP contribution >= 0.6 is 23.4 Å². The first-order valence-electron chi connectivity index (χ1n) is 4.80. The van der Waals surface area contributed by atoms with Gasteiger partial charge >= 0.3 is 0 Å². The van der Waals surface area contributed by atoms with Crippen molar-refractivity contribution in [2.45, 2.75) is 19.4 Å². The molecule has 0 fully saturated rings. The normalized spacial score (nSPS) is 12.8. The first-order chi connectivity index (χ1) is 6.72. The summed E-state index contributed by atoms with van der Waals surface area (Å²) >= 11 is 7.77. The molecule has 1 aromatic rings. The molecule has 0 saturated heterocycles. The smallest absolute Gasteiger partial charge is 0.0408 e. The van der Waals surface area contributed by atoms with E-state index in [4.69, 9.17) is 17.3 Å². The predicted octanol–water partition coefficient (Wildman–Crippen LogP) is 2.96. The number of hydrogen-bond donors (Lipinski definition) is 1. The summed E-state index contributed by atoms with van der Waals surface area (Å²) in [5, 5.41) is 0.790. The van der Waals surface area contributed by atoms with E-state index >= 15 is 0 Å². The van der Waals surface area contributed by atoms with E-state index in [1.165, 1.54) is 5.56 Å². The topological polar surface area (TPSA) is 26.0 Å². The van der Waals surface area contributed by atoms with Crippen molar-refractivity contribution in [1.29, 1.82) is 0 Å². The molecule has 1 rings (SSSR count). The summed E-state index contributed by atoms with van der Waals surface area (Å²) < 4.78 is 0. The van der Waals surface area contributed by atoms with Gasteiger partial charge in [-0.1, -0.05) is 30.7 Å². The van der Waals surface area contributed by atoms with Gasteiger partial charge in [0.1, 0.15) is 0 Å². The summed E-state index contributed by atoms with van der Waals surface area (Å²) in [6.07, 6.45) is 0.910. The van der Waals surface area contributed by atoms with Gasteiger partial charge in [0.15, 0.2) is 0 Å². The number of nitrogens with two attached hydrogens (primary N) is 1. The molecule has 78 valence electrons. The van der Waals surface area contributed by atoms with E-state index in [-0.39, 0.29) is 6.04 Å². The molecule has 0 amide bonds. The van der Waals surface area contributed by atoms with Crippen molar-refractivity contribution in [2.24, 2.45) is 5.73 Å². The molecule has 0 heterocycles. The van der Waals surface area contributed by atoms with Crippen LogP contribution in [0.25, 0.3) is 0 Å². The Labute approximate surface area is 95.0 Å². The van der Waals surface area contributed by atoms with Gasteiger partial charge in [0.2, 0.25) is 0 Å². The van der Waals surface area contributed by atoms with Gasteiger partial charge in [0.25, 0.3) is 0 Å². The molecule has 0 bridgehead atoms. The van der Waals surface area contributed by atoms with Gasteiger partial charge < -0.3 is 5.73 Å². The largest absolute Gasteiger partial charge is 0.327 e. The number of benzene rings is 1. The maximum Gasteiger partial charge on any atom is 0.0408 e. The maximum absolute atomic E-state index is 5.98. The standard InChI is InChI=1S/C11H16ClNS/c1-2-14-8-11(13)7-9-4-3-5-10(12)6-9/h3-6,11H,2,7-8,13H2,1H3. The van der Waals surface area contributed by atoms with E-state index in [0.29, 0.717) is 0 Å². The molecular weight excluding hydrogens is 214 g/mol. The fourth-order valence-corrected chi connectivity index (χ4v) is 2.16. The summed E-state index contributed by atoms with van der Waals surface area (Å²) in [5.74, 6) is 2.15. The third-order valence-electron chi connectivity index (χ3n) is 1.92. The van der Waals surface area contributed by atoms with Gasteiger partial charge in [-0.3, -0.25) is 0 Å². The summed E-state index contributed by atoms with van der Waals surface area (Å²) in [5.41, 5.74) is 7.20. The summed E-state index contributed by atoms with van der Waals surface area (Å²) in [4.78, 5) is 0. The third-order valence-corrected chi connectivity index (χ3v) is 3.23. The number of rotatable bonds is 5. The predicted molar refractivity (Wildman–Crippen MR) is 66.1 cm³/mol. The van der Waals surface area contributed by atoms with Crippen molar-refractivity contribution in [2.75, 3.05) is 11.5 Å². The quantitative estimate of drug-likeness (QED) is 0.840. The summed E-state index contributed by atoms with van der Waals surface area (Å²) in [6.45, 7) is 2.15. The SMILES string of the molecule is CCSCC(N)Cc1cccc(Cl)c1. The number of hydrogen-bond acceptors (Lipinski definition) is 2. The van der Waals surface area contributed by atoms with Gasteiger partial charge in [-0.05, 0) is 29.9 Å². The molecule has 2 N–H and O–H groups in total. The minimum absolute atomic E-state index is 0.235. The molecule has 1 unspecified atom stereocenters. The van der Waals surface area contributed by atoms with Crippen LogP contribution < -0.4 is 5.73 Å². The molecule has 0 aromatic heterocycles. The van der Waals surface area contributed by atoms with Gasteiger partial charge in [0.05, 0.1) is 0 Å². The average Bonchev–Trinajstić information content (AvgIpc) is 2.15. The van der Waals surface area contributed by atoms with Crippen molar-refractivity contribution in [3.05, 3.63) is 34.9 Å². The van der Waals surface area contributed by atoms with Crippen LogP contribution in [0.4, 0.5) is 0 Å². The van der Waals surface area contributed by atoms with E-state index < -0.39 is 0 Å². The van der Waals surface area contributed by atoms with Crippen LogP contribution in [0.5, 0.6) is 0 Å². The minimum atomic E-state index is 0.235. The van der Waals surface area contributed by atoms with E-state index in [1.54, 1.807) is 0 Å². The Balaban J connectivity index is 2.43. The average molecular weight is 230 g/mol. The molecule has 0 aliphatic heterocycles. The Morgan fingerprint density at radius 3 is 2.93 bits per heavy atom. The van der Waals surface area contributed by atoms with E-state index in [2.05, 4.69) is 13.0 Å².